The molecule has 0 aromatic heterocycles. The second-order valence-corrected chi connectivity index (χ2v) is 5.95. The maximum Gasteiger partial charge on any atom is 0.410 e. The molecule has 1 rings (SSSR count). The van der Waals surface area contributed by atoms with Gasteiger partial charge in [0.05, 0.1) is 12.6 Å². The topological polar surface area (TPSA) is 75.9 Å². The van der Waals surface area contributed by atoms with E-state index in [1.807, 2.05) is 20.8 Å². The molecule has 0 bridgehead atoms. The van der Waals surface area contributed by atoms with Gasteiger partial charge in [0.1, 0.15) is 5.60 Å². The minimum absolute atomic E-state index is 0.00431. The van der Waals surface area contributed by atoms with Gasteiger partial charge in [0.2, 0.25) is 5.91 Å². The number of rotatable bonds is 3. The molecule has 0 aromatic rings. The van der Waals surface area contributed by atoms with E-state index in [2.05, 4.69) is 0 Å². The Kier molecular flexibility index (Phi) is 5.17. The summed E-state index contributed by atoms with van der Waals surface area (Å²) in [6.07, 6.45) is 1.53. The van der Waals surface area contributed by atoms with E-state index in [4.69, 9.17) is 10.5 Å². The van der Waals surface area contributed by atoms with Gasteiger partial charge < -0.3 is 20.3 Å². The fourth-order valence-corrected chi connectivity index (χ4v) is 2.16. The van der Waals surface area contributed by atoms with E-state index in [0.29, 0.717) is 13.1 Å². The molecule has 1 aliphatic heterocycles. The Bertz CT molecular complexity index is 339. The summed E-state index contributed by atoms with van der Waals surface area (Å²) in [4.78, 5) is 26.8. The number of hydrogen-bond acceptors (Lipinski definition) is 4. The first kappa shape index (κ1) is 15.8. The van der Waals surface area contributed by atoms with Gasteiger partial charge in [-0.05, 0) is 33.6 Å². The second-order valence-electron chi connectivity index (χ2n) is 5.95. The highest BCUT2D eigenvalue weighted by Gasteiger charge is 2.33. The van der Waals surface area contributed by atoms with Crippen molar-refractivity contribution in [2.75, 3.05) is 26.7 Å². The third-order valence-electron chi connectivity index (χ3n) is 3.09. The molecule has 0 spiro atoms. The molecule has 1 fully saturated rings. The highest BCUT2D eigenvalue weighted by atomic mass is 16.6. The van der Waals surface area contributed by atoms with Crippen LogP contribution in [0.5, 0.6) is 0 Å². The van der Waals surface area contributed by atoms with Crippen molar-refractivity contribution in [2.45, 2.75) is 45.3 Å². The molecule has 1 atom stereocenters. The van der Waals surface area contributed by atoms with Gasteiger partial charge in [-0.15, -0.1) is 0 Å². The molecular weight excluding hydrogens is 246 g/mol. The SMILES string of the molecule is CN(C[C@@H]1CCCN1C(=O)OC(C)(C)C)C(=O)CN. The van der Waals surface area contributed by atoms with E-state index in [9.17, 15) is 9.59 Å². The summed E-state index contributed by atoms with van der Waals surface area (Å²) >= 11 is 0. The van der Waals surface area contributed by atoms with Gasteiger partial charge in [0.25, 0.3) is 0 Å². The number of nitrogens with two attached hydrogens (primary N) is 1. The minimum Gasteiger partial charge on any atom is -0.444 e. The zero-order valence-corrected chi connectivity index (χ0v) is 12.3. The summed E-state index contributed by atoms with van der Waals surface area (Å²) < 4.78 is 5.38. The Morgan fingerprint density at radius 3 is 2.58 bits per heavy atom. The van der Waals surface area contributed by atoms with Crippen LogP contribution in [0.3, 0.4) is 0 Å². The van der Waals surface area contributed by atoms with Crippen LogP contribution in [0.25, 0.3) is 0 Å². The molecule has 1 heterocycles. The Labute approximate surface area is 114 Å². The quantitative estimate of drug-likeness (QED) is 0.824. The Balaban J connectivity index is 2.59. The predicted molar refractivity (Wildman–Crippen MR) is 72.7 cm³/mol. The monoisotopic (exact) mass is 271 g/mol. The van der Waals surface area contributed by atoms with Gasteiger partial charge in [-0.25, -0.2) is 4.79 Å². The lowest BCUT2D eigenvalue weighted by molar-refractivity contribution is -0.129. The molecule has 2 N–H and O–H groups in total. The van der Waals surface area contributed by atoms with Gasteiger partial charge >= 0.3 is 6.09 Å². The summed E-state index contributed by atoms with van der Waals surface area (Å²) in [5.74, 6) is -0.115. The Morgan fingerprint density at radius 2 is 2.05 bits per heavy atom. The van der Waals surface area contributed by atoms with Crippen LogP contribution >= 0.6 is 0 Å². The van der Waals surface area contributed by atoms with Crippen molar-refractivity contribution in [3.05, 3.63) is 0 Å². The van der Waals surface area contributed by atoms with Crippen molar-refractivity contribution in [3.63, 3.8) is 0 Å². The van der Waals surface area contributed by atoms with E-state index in [1.54, 1.807) is 16.8 Å². The van der Waals surface area contributed by atoms with Crippen LogP contribution in [0.2, 0.25) is 0 Å². The largest absolute Gasteiger partial charge is 0.444 e. The summed E-state index contributed by atoms with van der Waals surface area (Å²) in [5, 5.41) is 0. The molecule has 2 amide bonds. The molecule has 110 valence electrons. The van der Waals surface area contributed by atoms with Crippen LogP contribution in [0, 0.1) is 0 Å². The zero-order chi connectivity index (χ0) is 14.6. The zero-order valence-electron chi connectivity index (χ0n) is 12.3. The van der Waals surface area contributed by atoms with Crippen molar-refractivity contribution < 1.29 is 14.3 Å². The van der Waals surface area contributed by atoms with Crippen LogP contribution in [0.1, 0.15) is 33.6 Å². The number of likely N-dealkylation sites (tertiary alicyclic amines) is 1. The van der Waals surface area contributed by atoms with Crippen LogP contribution in [-0.4, -0.2) is 60.1 Å². The smallest absolute Gasteiger partial charge is 0.410 e. The Hall–Kier alpha value is -1.30. The highest BCUT2D eigenvalue weighted by Crippen LogP contribution is 2.21. The number of ether oxygens (including phenoxy) is 1. The van der Waals surface area contributed by atoms with Crippen molar-refractivity contribution in [2.24, 2.45) is 5.73 Å². The first-order valence-corrected chi connectivity index (χ1v) is 6.68. The molecular formula is C13H25N3O3. The number of nitrogens with zero attached hydrogens (tertiary/aromatic N) is 2. The average molecular weight is 271 g/mol. The maximum absolute atomic E-state index is 12.1. The lowest BCUT2D eigenvalue weighted by atomic mass is 10.2. The van der Waals surface area contributed by atoms with E-state index in [0.717, 1.165) is 12.8 Å². The summed E-state index contributed by atoms with van der Waals surface area (Å²) in [6, 6.07) is 0.0235. The minimum atomic E-state index is -0.497. The lowest BCUT2D eigenvalue weighted by Crippen LogP contribution is -2.46. The van der Waals surface area contributed by atoms with Crippen LogP contribution < -0.4 is 5.73 Å². The van der Waals surface area contributed by atoms with E-state index >= 15 is 0 Å². The van der Waals surface area contributed by atoms with Crippen molar-refractivity contribution in [3.8, 4) is 0 Å². The molecule has 6 heteroatoms. The molecule has 0 aliphatic carbocycles. The van der Waals surface area contributed by atoms with E-state index in [-0.39, 0.29) is 24.6 Å². The first-order chi connectivity index (χ1) is 8.74. The van der Waals surface area contributed by atoms with Crippen molar-refractivity contribution >= 4 is 12.0 Å². The fourth-order valence-electron chi connectivity index (χ4n) is 2.16. The number of amides is 2. The molecule has 6 nitrogen and oxygen atoms in total. The summed E-state index contributed by atoms with van der Waals surface area (Å²) in [7, 11) is 1.71. The van der Waals surface area contributed by atoms with Gasteiger partial charge in [-0.3, -0.25) is 4.79 Å². The molecule has 19 heavy (non-hydrogen) atoms. The Morgan fingerprint density at radius 1 is 1.42 bits per heavy atom. The average Bonchev–Trinajstić information content (AvgIpc) is 2.73. The molecule has 0 unspecified atom stereocenters. The van der Waals surface area contributed by atoms with E-state index in [1.165, 1.54) is 0 Å². The van der Waals surface area contributed by atoms with Crippen LogP contribution in [0.4, 0.5) is 4.79 Å². The highest BCUT2D eigenvalue weighted by molar-refractivity contribution is 5.77. The van der Waals surface area contributed by atoms with Crippen molar-refractivity contribution in [1.29, 1.82) is 0 Å². The maximum atomic E-state index is 12.1. The lowest BCUT2D eigenvalue weighted by Gasteiger charge is -2.30. The molecule has 1 aliphatic rings. The normalized spacial score (nSPS) is 19.4. The first-order valence-electron chi connectivity index (χ1n) is 6.68. The third-order valence-corrected chi connectivity index (χ3v) is 3.09. The molecule has 0 saturated carbocycles. The molecule has 1 saturated heterocycles. The summed E-state index contributed by atoms with van der Waals surface area (Å²) in [5.41, 5.74) is 4.83. The molecule has 0 aromatic carbocycles. The number of carbonyl (C=O) groups is 2. The van der Waals surface area contributed by atoms with Gasteiger partial charge in [-0.1, -0.05) is 0 Å². The molecule has 0 radical (unpaired) electrons. The van der Waals surface area contributed by atoms with Gasteiger partial charge in [-0.2, -0.15) is 0 Å². The van der Waals surface area contributed by atoms with Crippen molar-refractivity contribution in [1.82, 2.24) is 9.80 Å². The van der Waals surface area contributed by atoms with Gasteiger partial charge in [0.15, 0.2) is 0 Å². The van der Waals surface area contributed by atoms with Crippen LogP contribution in [0.15, 0.2) is 0 Å². The number of carbonyl (C=O) groups excluding carboxylic acids is 2. The number of hydrogen-bond donors (Lipinski definition) is 1. The summed E-state index contributed by atoms with van der Waals surface area (Å²) in [6.45, 7) is 6.73. The van der Waals surface area contributed by atoms with Gasteiger partial charge in [0, 0.05) is 20.1 Å². The predicted octanol–water partition coefficient (Wildman–Crippen LogP) is 0.803. The number of likely N-dealkylation sites (N-methyl/N-ethyl adjacent to an activating group) is 1. The second kappa shape index (κ2) is 6.23. The van der Waals surface area contributed by atoms with Crippen LogP contribution in [-0.2, 0) is 9.53 Å². The standard InChI is InChI=1S/C13H25N3O3/c1-13(2,3)19-12(18)16-7-5-6-10(16)9-15(4)11(17)8-14/h10H,5-9,14H2,1-4H3/t10-/m0/s1. The third kappa shape index (κ3) is 4.70. The van der Waals surface area contributed by atoms with E-state index < -0.39 is 5.60 Å². The fraction of sp³-hybridized carbons (Fsp3) is 0.846.